The first-order valence-electron chi connectivity index (χ1n) is 0.637. The van der Waals surface area contributed by atoms with E-state index in [-0.39, 0.29) is 0 Å². The van der Waals surface area contributed by atoms with E-state index in [9.17, 15) is 0 Å². The zero-order chi connectivity index (χ0) is 6.00. The van der Waals surface area contributed by atoms with E-state index in [1.54, 1.807) is 0 Å². The monoisotopic (exact) mass is 180 g/mol. The molecule has 6 heteroatoms. The van der Waals surface area contributed by atoms with Crippen molar-refractivity contribution in [1.82, 2.24) is 0 Å². The molecule has 6 heavy (non-hydrogen) atoms. The summed E-state index contributed by atoms with van der Waals surface area (Å²) in [5, 5.41) is 0. The van der Waals surface area contributed by atoms with Crippen LogP contribution >= 0.6 is 0 Å². The molecule has 0 saturated carbocycles. The van der Waals surface area contributed by atoms with Gasteiger partial charge in [-0.15, -0.1) is 0 Å². The summed E-state index contributed by atoms with van der Waals surface area (Å²) < 4.78 is 24.5. The summed E-state index contributed by atoms with van der Waals surface area (Å²) in [5.41, 5.74) is 0. The van der Waals surface area contributed by atoms with Gasteiger partial charge in [-0.05, 0) is 0 Å². The van der Waals surface area contributed by atoms with Crippen molar-refractivity contribution in [3.8, 4) is 0 Å². The molecule has 0 aliphatic rings. The van der Waals surface area contributed by atoms with Crippen LogP contribution in [0.5, 0.6) is 0 Å². The van der Waals surface area contributed by atoms with Gasteiger partial charge >= 0.3 is 63.5 Å². The van der Waals surface area contributed by atoms with Crippen LogP contribution in [0.15, 0.2) is 0 Å². The molecule has 0 radical (unpaired) electrons. The Morgan fingerprint density at radius 3 is 1.17 bits per heavy atom. The summed E-state index contributed by atoms with van der Waals surface area (Å²) >= 11 is 3.36. The molecule has 0 bridgehead atoms. The number of hydrogen-bond acceptors (Lipinski definition) is 3. The van der Waals surface area contributed by atoms with Crippen LogP contribution in [0.2, 0.25) is 0 Å². The van der Waals surface area contributed by atoms with Gasteiger partial charge in [0.25, 0.3) is 0 Å². The first-order chi connectivity index (χ1) is 3.00. The van der Waals surface area contributed by atoms with Gasteiger partial charge in [0.05, 0.1) is 0 Å². The molecule has 0 unspecified atom stereocenters. The first kappa shape index (κ1) is 15.7. The minimum atomic E-state index is 0.611. The topological polar surface area (TPSA) is 51.2 Å². The Hall–Kier alpha value is 1.17. The molecule has 0 aromatic carbocycles. The van der Waals surface area contributed by atoms with Crippen molar-refractivity contribution in [3.63, 3.8) is 0 Å². The van der Waals surface area contributed by atoms with Crippen molar-refractivity contribution in [2.24, 2.45) is 0 Å². The van der Waals surface area contributed by atoms with Gasteiger partial charge in [0, 0.05) is 0 Å². The van der Waals surface area contributed by atoms with E-state index >= 15 is 0 Å². The van der Waals surface area contributed by atoms with E-state index in [1.807, 2.05) is 15.9 Å². The van der Waals surface area contributed by atoms with E-state index in [1.165, 1.54) is 0 Å². The normalized spacial score (nSPS) is 1.83. The minimum absolute atomic E-state index is 0.611. The van der Waals surface area contributed by atoms with Crippen molar-refractivity contribution in [2.75, 3.05) is 0 Å². The maximum atomic E-state index is 8.28. The third kappa shape index (κ3) is 65.9. The SMILES string of the molecule is [O]=[AlH].[O]=[Fe].[O]=[Ti]. The van der Waals surface area contributed by atoms with Gasteiger partial charge in [0.2, 0.25) is 0 Å². The van der Waals surface area contributed by atoms with Gasteiger partial charge in [0.15, 0.2) is 0 Å². The van der Waals surface area contributed by atoms with Gasteiger partial charge in [-0.2, -0.15) is 0 Å². The standard InChI is InChI=1S/Al.Fe.3O.Ti.H. The molecule has 34 valence electrons. The van der Waals surface area contributed by atoms with Crippen LogP contribution in [0.3, 0.4) is 0 Å². The zero-order valence-electron chi connectivity index (χ0n) is 2.79. The van der Waals surface area contributed by atoms with Crippen LogP contribution in [0, 0.1) is 0 Å². The van der Waals surface area contributed by atoms with Crippen LogP contribution in [0.1, 0.15) is 0 Å². The fourth-order valence-corrected chi connectivity index (χ4v) is 0. The fourth-order valence-electron chi connectivity index (χ4n) is 0. The van der Waals surface area contributed by atoms with E-state index < -0.39 is 0 Å². The molecular formula is HAlFeO3Ti. The van der Waals surface area contributed by atoms with Crippen molar-refractivity contribution in [1.29, 1.82) is 0 Å². The molecule has 0 aromatic heterocycles. The summed E-state index contributed by atoms with van der Waals surface area (Å²) in [4.78, 5) is 0. The molecular weight excluding hydrogens is 179 g/mol. The second-order valence-electron chi connectivity index (χ2n) is 0. The van der Waals surface area contributed by atoms with Crippen molar-refractivity contribution in [2.45, 2.75) is 0 Å². The van der Waals surface area contributed by atoms with Gasteiger partial charge in [-0.25, -0.2) is 0 Å². The molecule has 0 saturated heterocycles. The Morgan fingerprint density at radius 1 is 1.17 bits per heavy atom. The maximum absolute atomic E-state index is 8.28. The van der Waals surface area contributed by atoms with Gasteiger partial charge in [-0.3, -0.25) is 0 Å². The molecule has 0 aliphatic heterocycles. The second kappa shape index (κ2) is 121. The summed E-state index contributed by atoms with van der Waals surface area (Å²) in [5.74, 6) is 0. The summed E-state index contributed by atoms with van der Waals surface area (Å²) in [6.07, 6.45) is 0. The first-order valence-corrected chi connectivity index (χ1v) is 2.30. The third-order valence-corrected chi connectivity index (χ3v) is 0. The Balaban J connectivity index is -0.0000000225. The number of rotatable bonds is 0. The fraction of sp³-hybridized carbons (Fsp3) is 0. The Labute approximate surface area is 63.2 Å². The van der Waals surface area contributed by atoms with Crippen LogP contribution in [-0.4, -0.2) is 16.2 Å². The molecule has 0 atom stereocenters. The summed E-state index contributed by atoms with van der Waals surface area (Å²) in [7, 11) is 0. The van der Waals surface area contributed by atoms with E-state index in [2.05, 4.69) is 0 Å². The van der Waals surface area contributed by atoms with Crippen molar-refractivity contribution < 1.29 is 47.3 Å². The van der Waals surface area contributed by atoms with Gasteiger partial charge in [0.1, 0.15) is 0 Å². The Morgan fingerprint density at radius 2 is 1.17 bits per heavy atom. The third-order valence-electron chi connectivity index (χ3n) is 0. The Bertz CT molecular complexity index is 15.5. The summed E-state index contributed by atoms with van der Waals surface area (Å²) in [6.45, 7) is 0. The molecule has 0 amide bonds. The van der Waals surface area contributed by atoms with Gasteiger partial charge < -0.3 is 0 Å². The quantitative estimate of drug-likeness (QED) is 0.448. The van der Waals surface area contributed by atoms with Crippen LogP contribution in [0.4, 0.5) is 0 Å². The molecule has 0 fully saturated rings. The number of hydrogen-bond donors (Lipinski definition) is 0. The molecule has 0 heterocycles. The predicted molar refractivity (Wildman–Crippen MR) is 9.21 cm³/mol. The predicted octanol–water partition coefficient (Wildman–Crippen LogP) is -1.01. The molecule has 0 rings (SSSR count). The van der Waals surface area contributed by atoms with Crippen LogP contribution in [-0.2, 0) is 47.3 Å². The molecule has 0 aliphatic carbocycles. The average Bonchev–Trinajstić information content (AvgIpc) is 1.81. The van der Waals surface area contributed by atoms with E-state index in [4.69, 9.17) is 11.0 Å². The molecule has 0 aromatic rings. The Kier molecular flexibility index (Phi) is 317. The molecule has 0 spiro atoms. The van der Waals surface area contributed by atoms with Gasteiger partial charge in [-0.1, -0.05) is 0 Å². The summed E-state index contributed by atoms with van der Waals surface area (Å²) in [6, 6.07) is 0. The van der Waals surface area contributed by atoms with Crippen LogP contribution in [0.25, 0.3) is 0 Å². The van der Waals surface area contributed by atoms with E-state index in [0.29, 0.717) is 16.2 Å². The zero-order valence-corrected chi connectivity index (χ0v) is 6.87. The molecule has 3 nitrogen and oxygen atoms in total. The second-order valence-corrected chi connectivity index (χ2v) is 0. The molecule has 0 N–H and O–H groups in total. The van der Waals surface area contributed by atoms with Crippen molar-refractivity contribution in [3.05, 3.63) is 0 Å². The van der Waals surface area contributed by atoms with E-state index in [0.717, 1.165) is 20.4 Å². The average molecular weight is 180 g/mol. The van der Waals surface area contributed by atoms with Crippen molar-refractivity contribution >= 4 is 16.2 Å². The van der Waals surface area contributed by atoms with Crippen LogP contribution < -0.4 is 0 Å².